The van der Waals surface area contributed by atoms with Gasteiger partial charge in [-0.25, -0.2) is 0 Å². The van der Waals surface area contributed by atoms with Crippen LogP contribution in [0.25, 0.3) is 0 Å². The highest BCUT2D eigenvalue weighted by Crippen LogP contribution is 2.64. The fourth-order valence-electron chi connectivity index (χ4n) is 7.13. The topological polar surface area (TPSA) is 96.4 Å². The first-order chi connectivity index (χ1) is 19.1. The van der Waals surface area contributed by atoms with E-state index >= 15 is 0 Å². The van der Waals surface area contributed by atoms with Crippen LogP contribution in [0.5, 0.6) is 0 Å². The van der Waals surface area contributed by atoms with E-state index in [-0.39, 0.29) is 13.2 Å². The number of nitrogens with zero attached hydrogens (tertiary/aromatic N) is 2. The van der Waals surface area contributed by atoms with Crippen molar-refractivity contribution >= 4 is 35.1 Å². The van der Waals surface area contributed by atoms with Crippen molar-refractivity contribution in [2.45, 2.75) is 56.9 Å². The lowest BCUT2D eigenvalue weighted by Crippen LogP contribution is -2.57. The van der Waals surface area contributed by atoms with Gasteiger partial charge in [-0.3, -0.25) is 14.4 Å². The molecule has 2 aromatic carbocycles. The quantitative estimate of drug-likeness (QED) is 0.360. The van der Waals surface area contributed by atoms with Crippen molar-refractivity contribution in [2.24, 2.45) is 11.8 Å². The Hall–Kier alpha value is -3.20. The monoisotopic (exact) mass is 566 g/mol. The molecule has 0 aromatic heterocycles. The number of ether oxygens (including phenoxy) is 2. The Balaban J connectivity index is 1.70. The SMILES string of the molecule is C=CCN(C(=O)C1N([C@H](CO)c2ccccc2)C(=O)[C@@H]2[C@H](C(=O)OCC)[C@]3(C)CCC12O3)c1c(C)cccc1Cl. The van der Waals surface area contributed by atoms with Gasteiger partial charge in [0.2, 0.25) is 5.91 Å². The molecule has 9 heteroatoms. The van der Waals surface area contributed by atoms with Crippen LogP contribution in [0.1, 0.15) is 43.9 Å². The molecular formula is C31H35ClN2O6. The summed E-state index contributed by atoms with van der Waals surface area (Å²) in [6.07, 6.45) is 2.49. The minimum Gasteiger partial charge on any atom is -0.466 e. The zero-order valence-corrected chi connectivity index (χ0v) is 23.8. The number of fused-ring (bicyclic) bond motifs is 1. The average Bonchev–Trinajstić information content (AvgIpc) is 3.50. The number of esters is 1. The molecule has 3 aliphatic rings. The molecule has 8 nitrogen and oxygen atoms in total. The molecule has 1 spiro atoms. The van der Waals surface area contributed by atoms with Gasteiger partial charge in [0, 0.05) is 6.54 Å². The number of hydrogen-bond donors (Lipinski definition) is 1. The van der Waals surface area contributed by atoms with Gasteiger partial charge >= 0.3 is 5.97 Å². The molecule has 2 unspecified atom stereocenters. The molecule has 1 N–H and O–H groups in total. The number of rotatable bonds is 9. The largest absolute Gasteiger partial charge is 0.466 e. The van der Waals surface area contributed by atoms with Crippen molar-refractivity contribution in [3.8, 4) is 0 Å². The van der Waals surface area contributed by atoms with Gasteiger partial charge in [0.15, 0.2) is 0 Å². The van der Waals surface area contributed by atoms with E-state index in [9.17, 15) is 19.5 Å². The van der Waals surface area contributed by atoms with E-state index in [1.807, 2.05) is 56.3 Å². The van der Waals surface area contributed by atoms with E-state index < -0.39 is 59.5 Å². The van der Waals surface area contributed by atoms with E-state index in [0.29, 0.717) is 29.1 Å². The number of likely N-dealkylation sites (tertiary alicyclic amines) is 1. The maximum atomic E-state index is 14.8. The third-order valence-corrected chi connectivity index (χ3v) is 9.02. The Kier molecular flexibility index (Phi) is 7.54. The smallest absolute Gasteiger partial charge is 0.312 e. The van der Waals surface area contributed by atoms with Crippen LogP contribution in [-0.4, -0.2) is 64.8 Å². The molecule has 5 rings (SSSR count). The van der Waals surface area contributed by atoms with Gasteiger partial charge in [-0.05, 0) is 50.8 Å². The molecular weight excluding hydrogens is 532 g/mol. The van der Waals surface area contributed by atoms with Crippen LogP contribution in [0, 0.1) is 18.8 Å². The predicted molar refractivity (Wildman–Crippen MR) is 151 cm³/mol. The summed E-state index contributed by atoms with van der Waals surface area (Å²) < 4.78 is 12.1. The van der Waals surface area contributed by atoms with Crippen LogP contribution in [-0.2, 0) is 23.9 Å². The van der Waals surface area contributed by atoms with E-state index in [4.69, 9.17) is 21.1 Å². The number of aliphatic hydroxyl groups excluding tert-OH is 1. The Morgan fingerprint density at radius 1 is 1.25 bits per heavy atom. The summed E-state index contributed by atoms with van der Waals surface area (Å²) in [6, 6.07) is 12.5. The molecule has 3 fully saturated rings. The van der Waals surface area contributed by atoms with Crippen molar-refractivity contribution in [2.75, 3.05) is 24.7 Å². The second-order valence-corrected chi connectivity index (χ2v) is 11.4. The molecule has 0 saturated carbocycles. The number of carbonyl (C=O) groups excluding carboxylic acids is 3. The predicted octanol–water partition coefficient (Wildman–Crippen LogP) is 4.23. The molecule has 3 heterocycles. The van der Waals surface area contributed by atoms with E-state index in [1.54, 1.807) is 19.1 Å². The lowest BCUT2D eigenvalue weighted by Gasteiger charge is -2.40. The lowest BCUT2D eigenvalue weighted by atomic mass is 9.66. The number of amides is 2. The molecule has 40 heavy (non-hydrogen) atoms. The summed E-state index contributed by atoms with van der Waals surface area (Å²) in [5.41, 5.74) is -0.269. The minimum atomic E-state index is -1.28. The second-order valence-electron chi connectivity index (χ2n) is 11.0. The Bertz CT molecular complexity index is 1310. The zero-order valence-electron chi connectivity index (χ0n) is 23.0. The highest BCUT2D eigenvalue weighted by Gasteiger charge is 2.79. The normalized spacial score (nSPS) is 29.3. The van der Waals surface area contributed by atoms with Crippen molar-refractivity contribution in [3.05, 3.63) is 77.3 Å². The second kappa shape index (κ2) is 10.7. The first-order valence-corrected chi connectivity index (χ1v) is 14.0. The standard InChI is InChI=1S/C31H35ClN2O6/c1-5-17-33(25-19(3)11-10-14-21(25)32)28(37)26-31-16-15-30(4,40-31)24(29(38)39-6-2)23(31)27(36)34(26)22(18-35)20-12-8-7-9-13-20/h5,7-14,22-24,26,35H,1,6,15-18H2,2-4H3/t22-,23+,24-,26?,30+,31?/m1/s1. The van der Waals surface area contributed by atoms with Crippen molar-refractivity contribution in [1.82, 2.24) is 4.90 Å². The number of hydrogen-bond acceptors (Lipinski definition) is 6. The number of anilines is 1. The van der Waals surface area contributed by atoms with Crippen molar-refractivity contribution < 1.29 is 29.0 Å². The molecule has 0 radical (unpaired) electrons. The van der Waals surface area contributed by atoms with Crippen LogP contribution in [0.2, 0.25) is 5.02 Å². The fraction of sp³-hybridized carbons (Fsp3) is 0.452. The molecule has 2 aromatic rings. The summed E-state index contributed by atoms with van der Waals surface area (Å²) in [6.45, 7) is 9.13. The number of aliphatic hydroxyl groups is 1. The Morgan fingerprint density at radius 3 is 2.60 bits per heavy atom. The third kappa shape index (κ3) is 4.16. The number of carbonyl (C=O) groups is 3. The summed E-state index contributed by atoms with van der Waals surface area (Å²) in [5.74, 6) is -3.13. The van der Waals surface area contributed by atoms with Gasteiger partial charge < -0.3 is 24.4 Å². The summed E-state index contributed by atoms with van der Waals surface area (Å²) >= 11 is 6.63. The van der Waals surface area contributed by atoms with E-state index in [2.05, 4.69) is 6.58 Å². The van der Waals surface area contributed by atoms with Crippen LogP contribution in [0.4, 0.5) is 5.69 Å². The van der Waals surface area contributed by atoms with Gasteiger partial charge in [-0.1, -0.05) is 60.1 Å². The summed E-state index contributed by atoms with van der Waals surface area (Å²) in [4.78, 5) is 45.6. The number of benzene rings is 2. The molecule has 0 aliphatic carbocycles. The maximum Gasteiger partial charge on any atom is 0.312 e. The summed E-state index contributed by atoms with van der Waals surface area (Å²) in [5, 5.41) is 11.0. The fourth-order valence-corrected chi connectivity index (χ4v) is 7.45. The third-order valence-electron chi connectivity index (χ3n) is 8.72. The summed E-state index contributed by atoms with van der Waals surface area (Å²) in [7, 11) is 0. The first kappa shape index (κ1) is 28.3. The molecule has 3 aliphatic heterocycles. The van der Waals surface area contributed by atoms with E-state index in [1.165, 1.54) is 9.80 Å². The van der Waals surface area contributed by atoms with Gasteiger partial charge in [-0.15, -0.1) is 6.58 Å². The zero-order chi connectivity index (χ0) is 28.8. The van der Waals surface area contributed by atoms with Gasteiger partial charge in [0.1, 0.15) is 17.6 Å². The van der Waals surface area contributed by atoms with E-state index in [0.717, 1.165) is 5.56 Å². The Labute approximate surface area is 239 Å². The van der Waals surface area contributed by atoms with Crippen LogP contribution >= 0.6 is 11.6 Å². The highest BCUT2D eigenvalue weighted by molar-refractivity contribution is 6.34. The Morgan fingerprint density at radius 2 is 1.98 bits per heavy atom. The van der Waals surface area contributed by atoms with Gasteiger partial charge in [-0.2, -0.15) is 0 Å². The molecule has 3 saturated heterocycles. The van der Waals surface area contributed by atoms with Crippen molar-refractivity contribution in [3.63, 3.8) is 0 Å². The molecule has 2 bridgehead atoms. The maximum absolute atomic E-state index is 14.8. The van der Waals surface area contributed by atoms with Gasteiger partial charge in [0.25, 0.3) is 5.91 Å². The number of para-hydroxylation sites is 1. The average molecular weight is 567 g/mol. The van der Waals surface area contributed by atoms with Crippen LogP contribution < -0.4 is 4.90 Å². The minimum absolute atomic E-state index is 0.135. The first-order valence-electron chi connectivity index (χ1n) is 13.7. The number of aryl methyl sites for hydroxylation is 1. The van der Waals surface area contributed by atoms with Crippen LogP contribution in [0.3, 0.4) is 0 Å². The van der Waals surface area contributed by atoms with Gasteiger partial charge in [0.05, 0.1) is 41.5 Å². The van der Waals surface area contributed by atoms with Crippen molar-refractivity contribution in [1.29, 1.82) is 0 Å². The molecule has 2 amide bonds. The molecule has 6 atom stereocenters. The van der Waals surface area contributed by atoms with Crippen LogP contribution in [0.15, 0.2) is 61.2 Å². The number of halogens is 1. The highest BCUT2D eigenvalue weighted by atomic mass is 35.5. The molecule has 212 valence electrons. The lowest BCUT2D eigenvalue weighted by molar-refractivity contribution is -0.160.